The first-order chi connectivity index (χ1) is 20.1. The molecular formula is C31H36F3N7O. The van der Waals surface area contributed by atoms with Crippen LogP contribution in [-0.2, 0) is 6.18 Å². The van der Waals surface area contributed by atoms with Gasteiger partial charge in [-0.15, -0.1) is 0 Å². The van der Waals surface area contributed by atoms with Crippen molar-refractivity contribution in [1.29, 1.82) is 0 Å². The molecule has 1 fully saturated rings. The molecule has 4 aromatic rings. The lowest BCUT2D eigenvalue weighted by molar-refractivity contribution is -0.137. The number of nitrogens with one attached hydrogen (secondary N) is 2. The molecule has 0 unspecified atom stereocenters. The van der Waals surface area contributed by atoms with Crippen LogP contribution in [0.3, 0.4) is 0 Å². The fourth-order valence-corrected chi connectivity index (χ4v) is 4.93. The first-order valence-electron chi connectivity index (χ1n) is 13.9. The number of methoxy groups -OCH3 is 1. The lowest BCUT2D eigenvalue weighted by Crippen LogP contribution is -2.28. The Morgan fingerprint density at radius 1 is 1.10 bits per heavy atom. The number of anilines is 4. The molecule has 0 aliphatic heterocycles. The van der Waals surface area contributed by atoms with Gasteiger partial charge >= 0.3 is 6.18 Å². The third kappa shape index (κ3) is 6.15. The standard InChI is InChI=1S/C31H36F3N7O/c1-6-13-35-24-16-25(28(42-5)17-27(24)40(4)15-14-39(2)3)37-30-36-18-23(31(32,33)34)29(38-30)22-19-41(20-11-12-20)26-10-8-7-9-21(22)26/h6-10,13,16-20,35H,11-12,14-15H2,1-5H3,(H,36,37,38). The summed E-state index contributed by atoms with van der Waals surface area (Å²) in [4.78, 5) is 12.8. The van der Waals surface area contributed by atoms with E-state index in [0.29, 0.717) is 23.0 Å². The molecule has 2 aromatic heterocycles. The van der Waals surface area contributed by atoms with Crippen LogP contribution < -0.4 is 20.3 Å². The summed E-state index contributed by atoms with van der Waals surface area (Å²) < 4.78 is 50.5. The van der Waals surface area contributed by atoms with Gasteiger partial charge in [0.2, 0.25) is 5.95 Å². The van der Waals surface area contributed by atoms with Crippen molar-refractivity contribution in [3.63, 3.8) is 0 Å². The Morgan fingerprint density at radius 3 is 2.52 bits per heavy atom. The second-order valence-electron chi connectivity index (χ2n) is 10.7. The van der Waals surface area contributed by atoms with E-state index in [1.807, 2.05) is 76.7 Å². The van der Waals surface area contributed by atoms with Crippen molar-refractivity contribution < 1.29 is 17.9 Å². The van der Waals surface area contributed by atoms with Crippen molar-refractivity contribution in [1.82, 2.24) is 19.4 Å². The zero-order valence-electron chi connectivity index (χ0n) is 24.5. The smallest absolute Gasteiger partial charge is 0.419 e. The van der Waals surface area contributed by atoms with Crippen LogP contribution in [-0.4, -0.2) is 60.8 Å². The van der Waals surface area contributed by atoms with Crippen LogP contribution in [0.25, 0.3) is 22.2 Å². The van der Waals surface area contributed by atoms with E-state index in [4.69, 9.17) is 4.74 Å². The zero-order valence-corrected chi connectivity index (χ0v) is 24.5. The van der Waals surface area contributed by atoms with Gasteiger partial charge in [0.15, 0.2) is 0 Å². The van der Waals surface area contributed by atoms with E-state index < -0.39 is 11.7 Å². The number of benzene rings is 2. The van der Waals surface area contributed by atoms with Crippen LogP contribution in [0, 0.1) is 0 Å². The molecule has 11 heteroatoms. The van der Waals surface area contributed by atoms with Gasteiger partial charge in [-0.05, 0) is 52.2 Å². The highest BCUT2D eigenvalue weighted by atomic mass is 19.4. The van der Waals surface area contributed by atoms with Crippen molar-refractivity contribution in [3.05, 3.63) is 66.6 Å². The fourth-order valence-electron chi connectivity index (χ4n) is 4.93. The normalized spacial score (nSPS) is 13.7. The van der Waals surface area contributed by atoms with Crippen LogP contribution in [0.15, 0.2) is 61.1 Å². The van der Waals surface area contributed by atoms with Crippen LogP contribution in [0.4, 0.5) is 36.2 Å². The minimum Gasteiger partial charge on any atom is -0.494 e. The minimum absolute atomic E-state index is 0.0326. The highest BCUT2D eigenvalue weighted by Gasteiger charge is 2.37. The molecule has 0 radical (unpaired) electrons. The number of alkyl halides is 3. The zero-order chi connectivity index (χ0) is 30.0. The second kappa shape index (κ2) is 11.9. The number of hydrogen-bond donors (Lipinski definition) is 2. The summed E-state index contributed by atoms with van der Waals surface area (Å²) in [6, 6.07) is 11.5. The van der Waals surface area contributed by atoms with Gasteiger partial charge in [0.05, 0.1) is 29.9 Å². The SMILES string of the molecule is CC=CNc1cc(Nc2ncc(C(F)(F)F)c(-c3cn(C4CC4)c4ccccc34)n2)c(OC)cc1N(C)CCN(C)C. The van der Waals surface area contributed by atoms with Crippen LogP contribution >= 0.6 is 0 Å². The molecular weight excluding hydrogens is 543 g/mol. The summed E-state index contributed by atoms with van der Waals surface area (Å²) in [5.41, 5.74) is 2.48. The van der Waals surface area contributed by atoms with Gasteiger partial charge in [-0.3, -0.25) is 0 Å². The molecule has 2 N–H and O–H groups in total. The molecule has 0 amide bonds. The first kappa shape index (κ1) is 29.2. The van der Waals surface area contributed by atoms with Gasteiger partial charge < -0.3 is 29.7 Å². The van der Waals surface area contributed by atoms with Crippen LogP contribution in [0.5, 0.6) is 5.75 Å². The Balaban J connectivity index is 1.58. The van der Waals surface area contributed by atoms with E-state index in [1.54, 1.807) is 13.3 Å². The monoisotopic (exact) mass is 579 g/mol. The maximum absolute atomic E-state index is 14.2. The Bertz CT molecular complexity index is 1590. The molecule has 42 heavy (non-hydrogen) atoms. The molecule has 1 aliphatic carbocycles. The summed E-state index contributed by atoms with van der Waals surface area (Å²) >= 11 is 0. The average Bonchev–Trinajstić information content (AvgIpc) is 3.74. The van der Waals surface area contributed by atoms with E-state index in [1.165, 1.54) is 0 Å². The predicted molar refractivity (Wildman–Crippen MR) is 163 cm³/mol. The van der Waals surface area contributed by atoms with Crippen molar-refractivity contribution in [2.24, 2.45) is 0 Å². The highest BCUT2D eigenvalue weighted by Crippen LogP contribution is 2.44. The lowest BCUT2D eigenvalue weighted by Gasteiger charge is -2.26. The Kier molecular flexibility index (Phi) is 8.31. The fraction of sp³-hybridized carbons (Fsp3) is 0.355. The van der Waals surface area contributed by atoms with Crippen LogP contribution in [0.2, 0.25) is 0 Å². The number of hydrogen-bond acceptors (Lipinski definition) is 7. The average molecular weight is 580 g/mol. The molecule has 2 aromatic carbocycles. The number of para-hydroxylation sites is 1. The van der Waals surface area contributed by atoms with E-state index in [-0.39, 0.29) is 11.6 Å². The van der Waals surface area contributed by atoms with Crippen molar-refractivity contribution >= 4 is 33.9 Å². The summed E-state index contributed by atoms with van der Waals surface area (Å²) in [6.07, 6.45) is 3.72. The number of likely N-dealkylation sites (N-methyl/N-ethyl adjacent to an activating group) is 2. The topological polar surface area (TPSA) is 70.5 Å². The van der Waals surface area contributed by atoms with Gasteiger partial charge in [0.25, 0.3) is 0 Å². The number of nitrogens with zero attached hydrogens (tertiary/aromatic N) is 5. The lowest BCUT2D eigenvalue weighted by atomic mass is 10.1. The van der Waals surface area contributed by atoms with Crippen LogP contribution in [0.1, 0.15) is 31.4 Å². The maximum atomic E-state index is 14.2. The summed E-state index contributed by atoms with van der Waals surface area (Å²) in [6.45, 7) is 3.53. The summed E-state index contributed by atoms with van der Waals surface area (Å²) in [7, 11) is 7.58. The molecule has 1 saturated carbocycles. The molecule has 0 atom stereocenters. The van der Waals surface area contributed by atoms with Gasteiger partial charge in [-0.1, -0.05) is 24.3 Å². The molecule has 222 valence electrons. The molecule has 1 aliphatic rings. The Hall–Kier alpha value is -4.25. The number of halogens is 3. The van der Waals surface area contributed by atoms with Crippen molar-refractivity contribution in [2.45, 2.75) is 32.0 Å². The molecule has 2 heterocycles. The number of ether oxygens (including phenoxy) is 1. The van der Waals surface area contributed by atoms with E-state index in [9.17, 15) is 13.2 Å². The number of aromatic nitrogens is 3. The van der Waals surface area contributed by atoms with E-state index in [2.05, 4.69) is 35.0 Å². The summed E-state index contributed by atoms with van der Waals surface area (Å²) in [5.74, 6) is 0.536. The number of rotatable bonds is 11. The van der Waals surface area contributed by atoms with E-state index >= 15 is 0 Å². The second-order valence-corrected chi connectivity index (χ2v) is 10.7. The van der Waals surface area contributed by atoms with E-state index in [0.717, 1.165) is 54.4 Å². The number of allylic oxidation sites excluding steroid dienone is 1. The maximum Gasteiger partial charge on any atom is 0.419 e. The molecule has 5 rings (SSSR count). The van der Waals surface area contributed by atoms with Crippen molar-refractivity contribution in [3.8, 4) is 17.0 Å². The highest BCUT2D eigenvalue weighted by molar-refractivity contribution is 5.96. The third-order valence-corrected chi connectivity index (χ3v) is 7.29. The van der Waals surface area contributed by atoms with Gasteiger partial charge in [0.1, 0.15) is 11.3 Å². The molecule has 0 bridgehead atoms. The minimum atomic E-state index is -4.63. The Morgan fingerprint density at radius 2 is 1.86 bits per heavy atom. The molecule has 0 saturated heterocycles. The Labute approximate surface area is 243 Å². The van der Waals surface area contributed by atoms with Crippen molar-refractivity contribution in [2.75, 3.05) is 56.9 Å². The van der Waals surface area contributed by atoms with Gasteiger partial charge in [0, 0.05) is 61.1 Å². The van der Waals surface area contributed by atoms with Gasteiger partial charge in [-0.25, -0.2) is 9.97 Å². The largest absolute Gasteiger partial charge is 0.494 e. The quantitative estimate of drug-likeness (QED) is 0.196. The number of fused-ring (bicyclic) bond motifs is 1. The summed E-state index contributed by atoms with van der Waals surface area (Å²) in [5, 5.41) is 7.14. The third-order valence-electron chi connectivity index (χ3n) is 7.29. The first-order valence-corrected chi connectivity index (χ1v) is 13.9. The molecule has 0 spiro atoms. The predicted octanol–water partition coefficient (Wildman–Crippen LogP) is 7.15. The van der Waals surface area contributed by atoms with Gasteiger partial charge in [-0.2, -0.15) is 13.2 Å². The molecule has 8 nitrogen and oxygen atoms in total.